The summed E-state index contributed by atoms with van der Waals surface area (Å²) in [5, 5.41) is -0.0539. The number of allylic oxidation sites excluding steroid dienone is 1. The van der Waals surface area contributed by atoms with E-state index in [2.05, 4.69) is 80.9 Å². The summed E-state index contributed by atoms with van der Waals surface area (Å²) in [6, 6.07) is 7.01. The molecule has 0 spiro atoms. The van der Waals surface area contributed by atoms with Gasteiger partial charge in [-0.3, -0.25) is 8.98 Å². The highest BCUT2D eigenvalue weighted by Crippen LogP contribution is 2.42. The third-order valence-electron chi connectivity index (χ3n) is 14.5. The first-order valence-electron chi connectivity index (χ1n) is 23.8. The lowest BCUT2D eigenvalue weighted by Gasteiger charge is -2.42. The molecule has 3 heterocycles. The zero-order chi connectivity index (χ0) is 48.8. The number of carbonyl (C=O) groups is 1. The Morgan fingerprint density at radius 2 is 1.49 bits per heavy atom. The molecule has 12 nitrogen and oxygen atoms in total. The molecular weight excluding hydrogens is 901 g/mol. The molecule has 1 aromatic rings. The molecule has 65 heavy (non-hydrogen) atoms. The number of hydrogen-bond acceptors (Lipinski definition) is 12. The normalized spacial score (nSPS) is 24.4. The average Bonchev–Trinajstić information content (AvgIpc) is 3.93. The van der Waals surface area contributed by atoms with Crippen LogP contribution in [0.25, 0.3) is 0 Å². The summed E-state index contributed by atoms with van der Waals surface area (Å²) in [7, 11) is -12.0. The Labute approximate surface area is 395 Å². The van der Waals surface area contributed by atoms with Crippen LogP contribution in [0.5, 0.6) is 0 Å². The molecule has 1 unspecified atom stereocenters. The highest BCUT2D eigenvalue weighted by Gasteiger charge is 2.45. The fourth-order valence-corrected chi connectivity index (χ4v) is 13.1. The van der Waals surface area contributed by atoms with Gasteiger partial charge in [-0.2, -0.15) is 8.42 Å². The number of ketones is 1. The van der Waals surface area contributed by atoms with E-state index in [9.17, 15) is 21.6 Å². The second kappa shape index (κ2) is 22.9. The Bertz CT molecular complexity index is 1970. The Morgan fingerprint density at radius 3 is 2.06 bits per heavy atom. The van der Waals surface area contributed by atoms with Gasteiger partial charge in [0.05, 0.1) is 73.3 Å². The average molecular weight is 986 g/mol. The van der Waals surface area contributed by atoms with E-state index in [4.69, 9.17) is 32.0 Å². The van der Waals surface area contributed by atoms with Crippen LogP contribution in [0, 0.1) is 11.8 Å². The van der Waals surface area contributed by atoms with Gasteiger partial charge in [0.25, 0.3) is 10.1 Å². The van der Waals surface area contributed by atoms with E-state index in [1.165, 1.54) is 0 Å². The lowest BCUT2D eigenvalue weighted by atomic mass is 9.87. The summed E-state index contributed by atoms with van der Waals surface area (Å²) in [4.78, 5) is 14.5. The third kappa shape index (κ3) is 16.8. The van der Waals surface area contributed by atoms with Gasteiger partial charge in [0.2, 0.25) is 0 Å². The smallest absolute Gasteiger partial charge is 0.264 e. The van der Waals surface area contributed by atoms with Crippen molar-refractivity contribution in [1.82, 2.24) is 0 Å². The lowest BCUT2D eigenvalue weighted by molar-refractivity contribution is -0.119. The van der Waals surface area contributed by atoms with Crippen molar-refractivity contribution in [3.63, 3.8) is 0 Å². The van der Waals surface area contributed by atoms with Crippen molar-refractivity contribution in [2.75, 3.05) is 31.8 Å². The van der Waals surface area contributed by atoms with Crippen LogP contribution in [0.1, 0.15) is 119 Å². The van der Waals surface area contributed by atoms with Crippen molar-refractivity contribution >= 4 is 42.4 Å². The van der Waals surface area contributed by atoms with Crippen LogP contribution in [0.3, 0.4) is 0 Å². The first-order valence-corrected chi connectivity index (χ1v) is 33.1. The molecule has 0 aromatic heterocycles. The first kappa shape index (κ1) is 56.0. The van der Waals surface area contributed by atoms with E-state index in [1.807, 2.05) is 26.0 Å². The maximum Gasteiger partial charge on any atom is 0.264 e. The Morgan fingerprint density at radius 1 is 0.877 bits per heavy atom. The van der Waals surface area contributed by atoms with Crippen LogP contribution in [0.4, 0.5) is 0 Å². The van der Waals surface area contributed by atoms with E-state index < -0.39 is 60.6 Å². The molecule has 3 aliphatic rings. The van der Waals surface area contributed by atoms with Crippen molar-refractivity contribution in [3.05, 3.63) is 54.1 Å². The molecule has 8 atom stereocenters. The van der Waals surface area contributed by atoms with E-state index in [0.29, 0.717) is 57.5 Å². The first-order chi connectivity index (χ1) is 29.9. The molecule has 0 aliphatic carbocycles. The van der Waals surface area contributed by atoms with Gasteiger partial charge in [-0.05, 0) is 116 Å². The van der Waals surface area contributed by atoms with Crippen molar-refractivity contribution in [3.8, 4) is 0 Å². The summed E-state index contributed by atoms with van der Waals surface area (Å²) in [5.74, 6) is -1.34. The molecule has 0 amide bonds. The molecule has 0 saturated carbocycles. The number of ether oxygens (including phenoxy) is 4. The molecule has 16 heteroatoms. The van der Waals surface area contributed by atoms with Crippen LogP contribution in [0.15, 0.2) is 53.5 Å². The molecule has 0 radical (unpaired) electrons. The van der Waals surface area contributed by atoms with Gasteiger partial charge in [-0.15, -0.1) is 0 Å². The van der Waals surface area contributed by atoms with Crippen molar-refractivity contribution in [1.29, 1.82) is 0 Å². The summed E-state index contributed by atoms with van der Waals surface area (Å²) in [5.41, 5.74) is 2.32. The molecule has 4 rings (SSSR count). The van der Waals surface area contributed by atoms with Gasteiger partial charge in [-0.25, -0.2) is 8.42 Å². The van der Waals surface area contributed by atoms with Crippen molar-refractivity contribution in [2.45, 2.75) is 204 Å². The van der Waals surface area contributed by atoms with Gasteiger partial charge in [0, 0.05) is 25.2 Å². The number of hydrogen-bond donors (Lipinski definition) is 0. The maximum atomic E-state index is 14.2. The molecular formula is C49H84O12S2Si2. The highest BCUT2D eigenvalue weighted by atomic mass is 32.2. The second-order valence-electron chi connectivity index (χ2n) is 22.0. The number of carbonyl (C=O) groups excluding carboxylic acids is 1. The van der Waals surface area contributed by atoms with Crippen LogP contribution < -0.4 is 0 Å². The maximum absolute atomic E-state index is 14.2. The molecule has 372 valence electrons. The number of sulfone groups is 1. The van der Waals surface area contributed by atoms with Crippen LogP contribution in [-0.4, -0.2) is 114 Å². The fraction of sp³-hybridized carbons (Fsp3) is 0.776. The minimum atomic E-state index is -3.83. The van der Waals surface area contributed by atoms with Crippen LogP contribution >= 0.6 is 0 Å². The Kier molecular flexibility index (Phi) is 19.7. The Balaban J connectivity index is 1.50. The summed E-state index contributed by atoms with van der Waals surface area (Å²) < 4.78 is 96.6. The lowest BCUT2D eigenvalue weighted by Crippen LogP contribution is -2.48. The SMILES string of the molecule is C=C(C(=O)C[C@@H]1O[C@H](C[C@@H](CO[Si](C)(C)C(C)(C)C)O[Si](C)(C)C(C)(C)C)C[C@H]1CS(=O)(=O)c1ccc(CC)cc1)C(C)C[C@@H](CC[C@@H]1O[C@@H](CCC2OCCO2)CC1=C)OS(C)(=O)=O. The van der Waals surface area contributed by atoms with Crippen molar-refractivity contribution < 1.29 is 53.6 Å². The summed E-state index contributed by atoms with van der Waals surface area (Å²) in [6.45, 7) is 36.1. The van der Waals surface area contributed by atoms with Crippen molar-refractivity contribution in [2.24, 2.45) is 11.8 Å². The predicted molar refractivity (Wildman–Crippen MR) is 263 cm³/mol. The largest absolute Gasteiger partial charge is 0.414 e. The van der Waals surface area contributed by atoms with Crippen LogP contribution in [0.2, 0.25) is 36.3 Å². The monoisotopic (exact) mass is 984 g/mol. The van der Waals surface area contributed by atoms with E-state index in [1.54, 1.807) is 12.1 Å². The topological polar surface area (TPSA) is 150 Å². The highest BCUT2D eigenvalue weighted by molar-refractivity contribution is 7.91. The van der Waals surface area contributed by atoms with Crippen LogP contribution in [-0.2, 0) is 63.2 Å². The Hall–Kier alpha value is -1.58. The second-order valence-corrected chi connectivity index (χ2v) is 35.2. The molecule has 3 aliphatic heterocycles. The van der Waals surface area contributed by atoms with Gasteiger partial charge >= 0.3 is 0 Å². The number of rotatable bonds is 25. The van der Waals surface area contributed by atoms with Gasteiger partial charge in [0.15, 0.2) is 38.5 Å². The number of benzene rings is 1. The van der Waals surface area contributed by atoms with Gasteiger partial charge < -0.3 is 27.8 Å². The van der Waals surface area contributed by atoms with E-state index in [-0.39, 0.29) is 70.1 Å². The van der Waals surface area contributed by atoms with E-state index >= 15 is 0 Å². The molecule has 3 fully saturated rings. The summed E-state index contributed by atoms with van der Waals surface area (Å²) in [6.07, 6.45) is 3.46. The van der Waals surface area contributed by atoms with E-state index in [0.717, 1.165) is 36.7 Å². The minimum Gasteiger partial charge on any atom is -0.414 e. The molecule has 3 saturated heterocycles. The summed E-state index contributed by atoms with van der Waals surface area (Å²) >= 11 is 0. The zero-order valence-electron chi connectivity index (χ0n) is 42.0. The van der Waals surface area contributed by atoms with Gasteiger partial charge in [-0.1, -0.05) is 80.7 Å². The molecule has 1 aromatic carbocycles. The zero-order valence-corrected chi connectivity index (χ0v) is 45.7. The standard InChI is InChI=1S/C49H84O12S2Si2/c1-16-37-17-21-43(22-18-37)63(53,54)33-38-29-41(30-42(61-65(14,15)49(8,9)10)32-57-64(12,13)48(5,6)7)59-46(38)31-44(50)36(4)34(2)27-40(60-62(11,51)52)19-23-45-35(3)28-39(58-45)20-24-47-55-25-26-56-47/h17-18,21-22,34,38-42,45-47H,3-4,16,19-20,23-33H2,1-2,5-15H3/t34?,38-,39-,40+,41-,42-,45-,46-/m0/s1. The third-order valence-corrected chi connectivity index (χ3v) is 26.1. The minimum absolute atomic E-state index is 0.000911. The fourth-order valence-electron chi connectivity index (χ4n) is 8.36. The number of aryl methyl sites for hydroxylation is 1. The predicted octanol–water partition coefficient (Wildman–Crippen LogP) is 10.1. The van der Waals surface area contributed by atoms with Gasteiger partial charge in [0.1, 0.15) is 0 Å². The number of Topliss-reactive ketones (excluding diaryl/α,β-unsaturated/α-hetero) is 1. The molecule has 0 N–H and O–H groups in total. The quantitative estimate of drug-likeness (QED) is 0.0397. The molecule has 0 bridgehead atoms.